The zero-order valence-corrected chi connectivity index (χ0v) is 14.1. The minimum atomic E-state index is -0.355. The standard InChI is InChI=1S/C17H22N2O3S/c1-2-19(10-12-7-8-22-11-12)16(20)9-15-17(21)18-13-5-3-4-6-14(13)23-15/h3-6,12,15H,2,7-11H2,1H3,(H,18,21)/t12-,15-/m0/s1. The van der Waals surface area contributed by atoms with Crippen molar-refractivity contribution in [2.45, 2.75) is 29.9 Å². The normalized spacial score (nSPS) is 23.3. The lowest BCUT2D eigenvalue weighted by molar-refractivity contribution is -0.133. The lowest BCUT2D eigenvalue weighted by atomic mass is 10.1. The fraction of sp³-hybridized carbons (Fsp3) is 0.529. The molecule has 23 heavy (non-hydrogen) atoms. The van der Waals surface area contributed by atoms with E-state index in [1.54, 1.807) is 0 Å². The van der Waals surface area contributed by atoms with Crippen molar-refractivity contribution in [3.63, 3.8) is 0 Å². The maximum absolute atomic E-state index is 12.6. The van der Waals surface area contributed by atoms with E-state index in [0.29, 0.717) is 12.5 Å². The van der Waals surface area contributed by atoms with Crippen molar-refractivity contribution < 1.29 is 14.3 Å². The number of nitrogens with one attached hydrogen (secondary N) is 1. The number of hydrogen-bond donors (Lipinski definition) is 1. The van der Waals surface area contributed by atoms with Gasteiger partial charge in [-0.25, -0.2) is 0 Å². The van der Waals surface area contributed by atoms with E-state index in [1.807, 2.05) is 36.1 Å². The molecule has 2 heterocycles. The van der Waals surface area contributed by atoms with Crippen molar-refractivity contribution in [1.29, 1.82) is 0 Å². The number of anilines is 1. The molecule has 124 valence electrons. The summed E-state index contributed by atoms with van der Waals surface area (Å²) >= 11 is 1.48. The van der Waals surface area contributed by atoms with Crippen molar-refractivity contribution in [1.82, 2.24) is 4.90 Å². The van der Waals surface area contributed by atoms with Crippen molar-refractivity contribution in [3.05, 3.63) is 24.3 Å². The van der Waals surface area contributed by atoms with Gasteiger partial charge in [-0.1, -0.05) is 12.1 Å². The summed E-state index contributed by atoms with van der Waals surface area (Å²) in [5.41, 5.74) is 0.835. The monoisotopic (exact) mass is 334 g/mol. The first kappa shape index (κ1) is 16.3. The summed E-state index contributed by atoms with van der Waals surface area (Å²) in [5.74, 6) is 0.390. The highest BCUT2D eigenvalue weighted by Crippen LogP contribution is 2.36. The summed E-state index contributed by atoms with van der Waals surface area (Å²) in [7, 11) is 0. The Hall–Kier alpha value is -1.53. The molecule has 2 atom stereocenters. The van der Waals surface area contributed by atoms with Crippen LogP contribution in [0.1, 0.15) is 19.8 Å². The minimum absolute atomic E-state index is 0.0476. The van der Waals surface area contributed by atoms with Gasteiger partial charge >= 0.3 is 0 Å². The van der Waals surface area contributed by atoms with E-state index < -0.39 is 0 Å². The molecule has 1 aromatic carbocycles. The number of nitrogens with zero attached hydrogens (tertiary/aromatic N) is 1. The number of ether oxygens (including phenoxy) is 1. The van der Waals surface area contributed by atoms with E-state index in [4.69, 9.17) is 4.74 Å². The van der Waals surface area contributed by atoms with Gasteiger partial charge in [-0.2, -0.15) is 0 Å². The van der Waals surface area contributed by atoms with Gasteiger partial charge < -0.3 is 15.0 Å². The van der Waals surface area contributed by atoms with Crippen LogP contribution in [0.2, 0.25) is 0 Å². The van der Waals surface area contributed by atoms with E-state index in [1.165, 1.54) is 11.8 Å². The van der Waals surface area contributed by atoms with Crippen LogP contribution in [0.4, 0.5) is 5.69 Å². The first-order valence-corrected chi connectivity index (χ1v) is 8.97. The fourth-order valence-electron chi connectivity index (χ4n) is 2.96. The van der Waals surface area contributed by atoms with Crippen molar-refractivity contribution in [2.24, 2.45) is 5.92 Å². The second kappa shape index (κ2) is 7.36. The largest absolute Gasteiger partial charge is 0.381 e. The third-order valence-electron chi connectivity index (χ3n) is 4.30. The Balaban J connectivity index is 1.61. The van der Waals surface area contributed by atoms with Gasteiger partial charge in [0.25, 0.3) is 0 Å². The molecule has 0 aliphatic carbocycles. The van der Waals surface area contributed by atoms with Crippen LogP contribution in [0, 0.1) is 5.92 Å². The Labute approximate surface area is 140 Å². The number of carbonyl (C=O) groups excluding carboxylic acids is 2. The number of thioether (sulfide) groups is 1. The third-order valence-corrected chi connectivity index (χ3v) is 5.58. The van der Waals surface area contributed by atoms with E-state index >= 15 is 0 Å². The van der Waals surface area contributed by atoms with Crippen LogP contribution < -0.4 is 5.32 Å². The molecule has 2 aliphatic heterocycles. The Morgan fingerprint density at radius 1 is 1.43 bits per heavy atom. The summed E-state index contributed by atoms with van der Waals surface area (Å²) in [4.78, 5) is 27.7. The van der Waals surface area contributed by atoms with E-state index in [0.717, 1.165) is 36.8 Å². The first-order chi connectivity index (χ1) is 11.2. The zero-order valence-electron chi connectivity index (χ0n) is 13.3. The SMILES string of the molecule is CCN(C[C@@H]1CCOC1)C(=O)C[C@@H]1Sc2ccccc2NC1=O. The van der Waals surface area contributed by atoms with Gasteiger partial charge in [0.2, 0.25) is 11.8 Å². The number of hydrogen-bond acceptors (Lipinski definition) is 4. The lowest BCUT2D eigenvalue weighted by Gasteiger charge is -2.28. The zero-order chi connectivity index (χ0) is 16.2. The highest BCUT2D eigenvalue weighted by Gasteiger charge is 2.31. The van der Waals surface area contributed by atoms with Crippen molar-refractivity contribution >= 4 is 29.3 Å². The Morgan fingerprint density at radius 2 is 2.26 bits per heavy atom. The number of carbonyl (C=O) groups is 2. The lowest BCUT2D eigenvalue weighted by Crippen LogP contribution is -2.39. The highest BCUT2D eigenvalue weighted by molar-refractivity contribution is 8.01. The summed E-state index contributed by atoms with van der Waals surface area (Å²) < 4.78 is 5.38. The molecule has 0 spiro atoms. The average Bonchev–Trinajstić information content (AvgIpc) is 3.06. The second-order valence-electron chi connectivity index (χ2n) is 5.96. The molecule has 0 radical (unpaired) electrons. The molecule has 1 N–H and O–H groups in total. The maximum atomic E-state index is 12.6. The number of amides is 2. The van der Waals surface area contributed by atoms with Crippen LogP contribution >= 0.6 is 11.8 Å². The quantitative estimate of drug-likeness (QED) is 0.898. The van der Waals surface area contributed by atoms with Crippen molar-refractivity contribution in [3.8, 4) is 0 Å². The van der Waals surface area contributed by atoms with Gasteiger partial charge in [0.1, 0.15) is 0 Å². The Morgan fingerprint density at radius 3 is 3.00 bits per heavy atom. The van der Waals surface area contributed by atoms with Crippen LogP contribution in [0.15, 0.2) is 29.2 Å². The molecule has 1 aromatic rings. The van der Waals surface area contributed by atoms with E-state index in [9.17, 15) is 9.59 Å². The molecule has 0 unspecified atom stereocenters. The number of fused-ring (bicyclic) bond motifs is 1. The molecule has 0 saturated carbocycles. The Kier molecular flexibility index (Phi) is 5.23. The predicted molar refractivity (Wildman–Crippen MR) is 90.5 cm³/mol. The maximum Gasteiger partial charge on any atom is 0.238 e. The molecular weight excluding hydrogens is 312 g/mol. The number of para-hydroxylation sites is 1. The molecule has 2 aliphatic rings. The summed E-state index contributed by atoms with van der Waals surface area (Å²) in [6.45, 7) is 4.90. The van der Waals surface area contributed by atoms with E-state index in [-0.39, 0.29) is 23.5 Å². The minimum Gasteiger partial charge on any atom is -0.381 e. The Bertz CT molecular complexity index is 587. The molecule has 5 nitrogen and oxygen atoms in total. The topological polar surface area (TPSA) is 58.6 Å². The van der Waals surface area contributed by atoms with Crippen LogP contribution in [-0.4, -0.2) is 48.3 Å². The molecule has 3 rings (SSSR count). The smallest absolute Gasteiger partial charge is 0.238 e. The molecule has 0 bridgehead atoms. The highest BCUT2D eigenvalue weighted by atomic mass is 32.2. The molecule has 1 fully saturated rings. The average molecular weight is 334 g/mol. The van der Waals surface area contributed by atoms with Gasteiger partial charge in [-0.15, -0.1) is 11.8 Å². The number of rotatable bonds is 5. The third kappa shape index (κ3) is 3.87. The van der Waals surface area contributed by atoms with Crippen LogP contribution in [0.25, 0.3) is 0 Å². The molecule has 2 amide bonds. The summed E-state index contributed by atoms with van der Waals surface area (Å²) in [5, 5.41) is 2.54. The van der Waals surface area contributed by atoms with Crippen LogP contribution in [0.5, 0.6) is 0 Å². The van der Waals surface area contributed by atoms with E-state index in [2.05, 4.69) is 5.32 Å². The molecule has 1 saturated heterocycles. The second-order valence-corrected chi connectivity index (χ2v) is 7.20. The van der Waals surface area contributed by atoms with Crippen LogP contribution in [-0.2, 0) is 14.3 Å². The fourth-order valence-corrected chi connectivity index (χ4v) is 4.06. The number of benzene rings is 1. The van der Waals surface area contributed by atoms with Gasteiger partial charge in [0.05, 0.1) is 17.5 Å². The molecule has 0 aromatic heterocycles. The first-order valence-electron chi connectivity index (χ1n) is 8.09. The van der Waals surface area contributed by atoms with Crippen molar-refractivity contribution in [2.75, 3.05) is 31.6 Å². The van der Waals surface area contributed by atoms with Gasteiger partial charge in [-0.05, 0) is 25.5 Å². The molecule has 6 heteroatoms. The van der Waals surface area contributed by atoms with Crippen LogP contribution in [0.3, 0.4) is 0 Å². The molecular formula is C17H22N2O3S. The summed E-state index contributed by atoms with van der Waals surface area (Å²) in [6.07, 6.45) is 1.25. The van der Waals surface area contributed by atoms with Gasteiger partial charge in [0.15, 0.2) is 0 Å². The summed E-state index contributed by atoms with van der Waals surface area (Å²) in [6, 6.07) is 7.70. The predicted octanol–water partition coefficient (Wildman–Crippen LogP) is 2.37. The van der Waals surface area contributed by atoms with Gasteiger partial charge in [0, 0.05) is 36.9 Å². The van der Waals surface area contributed by atoms with Gasteiger partial charge in [-0.3, -0.25) is 9.59 Å².